The summed E-state index contributed by atoms with van der Waals surface area (Å²) in [5.74, 6) is 0. The largest absolute Gasteiger partial charge is 0.276 e. The maximum absolute atomic E-state index is 3.32. The lowest BCUT2D eigenvalue weighted by molar-refractivity contribution is 0.123. The van der Waals surface area contributed by atoms with Crippen molar-refractivity contribution in [1.29, 1.82) is 0 Å². The summed E-state index contributed by atoms with van der Waals surface area (Å²) in [5.41, 5.74) is 10.2. The van der Waals surface area contributed by atoms with E-state index in [1.54, 1.807) is 313 Å². The van der Waals surface area contributed by atoms with Crippen molar-refractivity contribution in [2.45, 2.75) is 22.4 Å². The molecule has 1 nitrogen and oxygen atoms in total. The number of thioether (sulfide) groups is 4. The number of fused-ring (bicyclic) bond motifs is 2. The molecule has 1 saturated heterocycles. The highest BCUT2D eigenvalue weighted by Crippen LogP contribution is 2.88. The lowest BCUT2D eigenvalue weighted by atomic mass is 9.47. The van der Waals surface area contributed by atoms with E-state index in [1.807, 2.05) is 47.0 Å². The molecule has 0 aromatic heterocycles. The molecule has 7 aliphatic rings. The van der Waals surface area contributed by atoms with Gasteiger partial charge in [0.15, 0.2) is 0 Å². The van der Waals surface area contributed by atoms with Gasteiger partial charge in [0.25, 0.3) is 0 Å². The molecule has 1 fully saturated rings. The molecule has 34 aromatic carbocycles. The van der Waals surface area contributed by atoms with Gasteiger partial charge in [-0.25, -0.2) is 0 Å². The van der Waals surface area contributed by atoms with E-state index < -0.39 is 16.4 Å². The molecule has 1 atom stereocenters. The average molecular weight is 1380 g/mol. The molecule has 0 bridgehead atoms. The standard InChI is InChI=1S/C101H29NS4/c1-4-12-29(13-5-1)101(30-14-6-2-7-15-30,31-16-8-3-9-17-31)102-27-99-92-84-76-66-56-48-40-38-39-42-46-44(40)52-60-54(46)64-58-50(42)51-43(39)47-45-41(38)49(48)57-63-53(45)61-55(47)65-59(51)69-68(58)80-74(64)82-72(60)78(70(76)62(52)56)86(92)88(82)94-90(80)91-81(69)75(65)83-73(61)79-71(63)77(67(57)66)85(84)93(99)87(79)89(83)95(91)100(94,99)96(102)28-20-21-34-35(26-28)37(98-105-24-25-106-98)33-19-11-10-18-32(33)36(34)97-103-22-23-104-97/h1-26,96H,27H2. The molecule has 2 spiro atoms. The minimum Gasteiger partial charge on any atom is -0.276 e. The van der Waals surface area contributed by atoms with Crippen molar-refractivity contribution in [2.24, 2.45) is 0 Å². The fourth-order valence-corrected chi connectivity index (χ4v) is 35.9. The van der Waals surface area contributed by atoms with E-state index in [4.69, 9.17) is 0 Å². The van der Waals surface area contributed by atoms with Gasteiger partial charge in [0.2, 0.25) is 0 Å². The molecule has 0 N–H and O–H groups in total. The van der Waals surface area contributed by atoms with E-state index in [9.17, 15) is 0 Å². The topological polar surface area (TPSA) is 3.24 Å². The van der Waals surface area contributed by atoms with Crippen LogP contribution in [0.1, 0.15) is 50.5 Å². The van der Waals surface area contributed by atoms with Crippen molar-refractivity contribution in [1.82, 2.24) is 4.90 Å². The van der Waals surface area contributed by atoms with E-state index in [0.717, 1.165) is 6.54 Å². The van der Waals surface area contributed by atoms with Crippen LogP contribution in [0.3, 0.4) is 0 Å². The van der Waals surface area contributed by atoms with Gasteiger partial charge in [-0.1, -0.05) is 174 Å². The molecule has 1 unspecified atom stereocenters. The van der Waals surface area contributed by atoms with Crippen LogP contribution in [0, 0.1) is 0 Å². The van der Waals surface area contributed by atoms with E-state index >= 15 is 0 Å². The second-order valence-electron chi connectivity index (χ2n) is 35.0. The van der Waals surface area contributed by atoms with E-state index in [0.29, 0.717) is 0 Å². The zero-order chi connectivity index (χ0) is 65.0. The predicted molar refractivity (Wildman–Crippen MR) is 459 cm³/mol. The van der Waals surface area contributed by atoms with Crippen LogP contribution < -0.4 is 10.4 Å². The minimum atomic E-state index is -0.818. The Morgan fingerprint density at radius 1 is 0.245 bits per heavy atom. The van der Waals surface area contributed by atoms with Gasteiger partial charge >= 0.3 is 0 Å². The van der Waals surface area contributed by atoms with Gasteiger partial charge in [-0.05, 0) is 385 Å². The van der Waals surface area contributed by atoms with Crippen molar-refractivity contribution in [3.05, 3.63) is 210 Å². The third kappa shape index (κ3) is 3.25. The van der Waals surface area contributed by atoms with Crippen LogP contribution in [0.25, 0.3) is 321 Å². The van der Waals surface area contributed by atoms with Gasteiger partial charge in [0, 0.05) is 17.0 Å². The molecule has 4 aliphatic carbocycles. The summed E-state index contributed by atoms with van der Waals surface area (Å²) in [6.45, 7) is 0.823. The predicted octanol–water partition coefficient (Wildman–Crippen LogP) is 26.7. The number of hydrogen-bond acceptors (Lipinski definition) is 5. The van der Waals surface area contributed by atoms with Gasteiger partial charge < -0.3 is 0 Å². The molecule has 41 rings (SSSR count). The summed E-state index contributed by atoms with van der Waals surface area (Å²) in [7, 11) is 0. The summed E-state index contributed by atoms with van der Waals surface area (Å²) in [6.07, 6.45) is 0. The Labute approximate surface area is 606 Å². The highest BCUT2D eigenvalue weighted by atomic mass is 32.2. The van der Waals surface area contributed by atoms with Gasteiger partial charge in [-0.2, -0.15) is 0 Å². The Bertz CT molecular complexity index is 9870. The van der Waals surface area contributed by atoms with Crippen molar-refractivity contribution in [2.75, 3.05) is 6.54 Å². The average Bonchev–Trinajstić information content (AvgIpc) is 1.38. The zero-order valence-electron chi connectivity index (χ0n) is 54.9. The third-order valence-corrected chi connectivity index (χ3v) is 37.5. The molecule has 0 saturated carbocycles. The van der Waals surface area contributed by atoms with Crippen molar-refractivity contribution < 1.29 is 0 Å². The molecule has 34 aromatic rings. The molecule has 0 amide bonds. The quantitative estimate of drug-likeness (QED) is 0.0957. The Hall–Kier alpha value is -11.1. The van der Waals surface area contributed by atoms with Crippen LogP contribution >= 0.6 is 47.0 Å². The highest BCUT2D eigenvalue weighted by Gasteiger charge is 2.78. The van der Waals surface area contributed by atoms with Gasteiger partial charge in [-0.15, -0.1) is 0 Å². The highest BCUT2D eigenvalue weighted by molar-refractivity contribution is 8.35. The summed E-state index contributed by atoms with van der Waals surface area (Å²) in [4.78, 5) is 3.32. The molecule has 106 heavy (non-hydrogen) atoms. The number of likely N-dealkylation sites (tertiary alicyclic amines) is 1. The maximum Gasteiger partial charge on any atom is 0.0978 e. The number of rotatable bonds is 5. The van der Waals surface area contributed by atoms with Crippen molar-refractivity contribution in [3.63, 3.8) is 0 Å². The normalized spacial score (nSPS) is 21.2. The van der Waals surface area contributed by atoms with E-state index in [-0.39, 0.29) is 6.04 Å². The molecule has 462 valence electrons. The van der Waals surface area contributed by atoms with Crippen LogP contribution in [0.2, 0.25) is 0 Å². The number of benzene rings is 24. The van der Waals surface area contributed by atoms with Crippen LogP contribution in [0.5, 0.6) is 0 Å². The second-order valence-corrected chi connectivity index (χ2v) is 39.2. The first kappa shape index (κ1) is 46.7. The molecule has 5 heteroatoms. The van der Waals surface area contributed by atoms with Gasteiger partial charge in [0.05, 0.1) is 30.9 Å². The summed E-state index contributed by atoms with van der Waals surface area (Å²) >= 11 is 7.68. The van der Waals surface area contributed by atoms with E-state index in [2.05, 4.69) is 160 Å². The molecular formula is C101H29NS4. The number of hydrogen-bond donors (Lipinski definition) is 0. The van der Waals surface area contributed by atoms with E-state index in [1.165, 1.54) is 62.7 Å². The zero-order valence-corrected chi connectivity index (χ0v) is 58.1. The van der Waals surface area contributed by atoms with Crippen LogP contribution in [0.4, 0.5) is 0 Å². The van der Waals surface area contributed by atoms with Gasteiger partial charge in [0.1, 0.15) is 0 Å². The van der Waals surface area contributed by atoms with Crippen molar-refractivity contribution in [3.8, 4) is 0 Å². The fourth-order valence-electron chi connectivity index (χ4n) is 32.1. The Balaban J connectivity index is 0.861. The molecule has 0 radical (unpaired) electrons. The SMILES string of the molecule is C1=CSC(=c2c3ccccc3c(=C3SC=CS3)c3cc(C4N(C(c5ccccc5)(c5ccccc5)c5ccccc5)CC56c7c8c9c%10c%11c%12c(c%13c%14c5c5c7c7c%15c8c8c9c9c%11c%11c%16c%12c%12c%13c%13c%14c%14c5c5c7c7c%15c%15c8c8c9c%11c9c%11c%16c%12c%12c%13c%13c%14c5c5c7c7c%15c8c9c8c%11c%12c%13c5c78)C%1046)ccc23)S1. The monoisotopic (exact) mass is 1380 g/mol. The fraction of sp³-hybridized carbons (Fsp3) is 0.0495. The first-order valence-corrected chi connectivity index (χ1v) is 41.7. The molecule has 3 aliphatic heterocycles. The number of nitrogens with zero attached hydrogens (tertiary/aromatic N) is 1. The Kier molecular flexibility index (Phi) is 5.53. The summed E-state index contributed by atoms with van der Waals surface area (Å²) in [5, 5.41) is 106. The molecule has 3 heterocycles. The van der Waals surface area contributed by atoms with Crippen LogP contribution in [-0.4, -0.2) is 11.4 Å². The first-order chi connectivity index (χ1) is 52.8. The second kappa shape index (κ2) is 12.6. The minimum absolute atomic E-state index is 0.229. The smallest absolute Gasteiger partial charge is 0.0978 e. The maximum atomic E-state index is 3.32. The van der Waals surface area contributed by atoms with Crippen LogP contribution in [-0.2, 0) is 16.4 Å². The lowest BCUT2D eigenvalue weighted by Gasteiger charge is -2.53. The first-order valence-electron chi connectivity index (χ1n) is 38.2. The van der Waals surface area contributed by atoms with Crippen LogP contribution in [0.15, 0.2) is 155 Å². The van der Waals surface area contributed by atoms with Gasteiger partial charge in [-0.3, -0.25) is 4.90 Å². The third-order valence-electron chi connectivity index (χ3n) is 33.3. The Morgan fingerprint density at radius 3 is 0.764 bits per heavy atom. The molecular weight excluding hydrogens is 1360 g/mol. The van der Waals surface area contributed by atoms with Crippen molar-refractivity contribution >= 4 is 368 Å². The Morgan fingerprint density at radius 2 is 0.481 bits per heavy atom. The lowest BCUT2D eigenvalue weighted by Crippen LogP contribution is -2.52. The summed E-state index contributed by atoms with van der Waals surface area (Å²) in [6, 6.07) is 53.9. The summed E-state index contributed by atoms with van der Waals surface area (Å²) < 4.78 is 2.75.